The zero-order chi connectivity index (χ0) is 10.8. The molecule has 0 bridgehead atoms. The Morgan fingerprint density at radius 2 is 2.33 bits per heavy atom. The highest BCUT2D eigenvalue weighted by Gasteiger charge is 2.21. The van der Waals surface area contributed by atoms with Gasteiger partial charge in [-0.05, 0) is 47.4 Å². The van der Waals surface area contributed by atoms with Crippen LogP contribution in [-0.4, -0.2) is 11.7 Å². The molecule has 0 radical (unpaired) electrons. The quantitative estimate of drug-likeness (QED) is 0.821. The second-order valence-corrected chi connectivity index (χ2v) is 4.51. The highest BCUT2D eigenvalue weighted by Crippen LogP contribution is 2.36. The summed E-state index contributed by atoms with van der Waals surface area (Å²) in [6, 6.07) is 5.65. The predicted octanol–water partition coefficient (Wildman–Crippen LogP) is 2.45. The maximum Gasteiger partial charge on any atom is 0.134 e. The summed E-state index contributed by atoms with van der Waals surface area (Å²) in [6.45, 7) is 0.971. The molecule has 1 aliphatic heterocycles. The van der Waals surface area contributed by atoms with Crippen LogP contribution in [0.2, 0.25) is 0 Å². The Hall–Kier alpha value is -1.05. The molecule has 2 N–H and O–H groups in total. The molecule has 3 nitrogen and oxygen atoms in total. The number of nitrogens with one attached hydrogen (secondary N) is 1. The number of benzene rings is 1. The predicted molar refractivity (Wildman–Crippen MR) is 60.5 cm³/mol. The van der Waals surface area contributed by atoms with Crippen molar-refractivity contribution in [1.82, 2.24) is 5.32 Å². The number of rotatable bonds is 1. The second kappa shape index (κ2) is 4.21. The van der Waals surface area contributed by atoms with E-state index in [0.717, 1.165) is 24.9 Å². The fourth-order valence-corrected chi connectivity index (χ4v) is 2.38. The molecule has 0 spiro atoms. The lowest BCUT2D eigenvalue weighted by atomic mass is 10.0. The van der Waals surface area contributed by atoms with Gasteiger partial charge in [0.2, 0.25) is 0 Å². The lowest BCUT2D eigenvalue weighted by molar-refractivity contribution is 0.453. The molecule has 0 amide bonds. The Kier molecular flexibility index (Phi) is 2.94. The van der Waals surface area contributed by atoms with Gasteiger partial charge in [0.1, 0.15) is 5.75 Å². The van der Waals surface area contributed by atoms with Crippen LogP contribution in [0, 0.1) is 11.3 Å². The van der Waals surface area contributed by atoms with E-state index in [1.54, 1.807) is 12.1 Å². The van der Waals surface area contributed by atoms with Crippen LogP contribution in [0.3, 0.4) is 0 Å². The van der Waals surface area contributed by atoms with Crippen LogP contribution >= 0.6 is 15.9 Å². The van der Waals surface area contributed by atoms with Gasteiger partial charge in [0, 0.05) is 11.6 Å². The average Bonchev–Trinajstić information content (AvgIpc) is 2.75. The van der Waals surface area contributed by atoms with Gasteiger partial charge in [-0.2, -0.15) is 5.26 Å². The van der Waals surface area contributed by atoms with Crippen LogP contribution < -0.4 is 5.32 Å². The van der Waals surface area contributed by atoms with Crippen molar-refractivity contribution in [3.8, 4) is 11.8 Å². The third kappa shape index (κ3) is 1.99. The summed E-state index contributed by atoms with van der Waals surface area (Å²) in [6.07, 6.45) is 2.12. The van der Waals surface area contributed by atoms with E-state index in [0.29, 0.717) is 10.0 Å². The normalized spacial score (nSPS) is 20.1. The fraction of sp³-hybridized carbons (Fsp3) is 0.364. The van der Waals surface area contributed by atoms with Gasteiger partial charge in [-0.15, -0.1) is 0 Å². The van der Waals surface area contributed by atoms with Gasteiger partial charge in [-0.3, -0.25) is 0 Å². The first-order valence-corrected chi connectivity index (χ1v) is 5.67. The number of phenols is 1. The number of hydrogen-bond acceptors (Lipinski definition) is 3. The standard InChI is InChI=1S/C11H11BrN2O/c12-9-5-7(6-13)4-8(11(9)15)10-2-1-3-14-10/h4-5,10,14-15H,1-3H2/t10-/m1/s1. The molecule has 1 fully saturated rings. The number of hydrogen-bond donors (Lipinski definition) is 2. The molecule has 4 heteroatoms. The van der Waals surface area contributed by atoms with Gasteiger partial charge < -0.3 is 10.4 Å². The van der Waals surface area contributed by atoms with Crippen molar-refractivity contribution < 1.29 is 5.11 Å². The molecule has 0 aromatic heterocycles. The molecule has 0 saturated carbocycles. The molecule has 1 aliphatic rings. The van der Waals surface area contributed by atoms with Gasteiger partial charge in [0.15, 0.2) is 0 Å². The minimum absolute atomic E-state index is 0.176. The van der Waals surface area contributed by atoms with Gasteiger partial charge in [-0.1, -0.05) is 0 Å². The monoisotopic (exact) mass is 266 g/mol. The smallest absolute Gasteiger partial charge is 0.134 e. The highest BCUT2D eigenvalue weighted by molar-refractivity contribution is 9.10. The van der Waals surface area contributed by atoms with Gasteiger partial charge in [-0.25, -0.2) is 0 Å². The Bertz CT molecular complexity index is 419. The summed E-state index contributed by atoms with van der Waals surface area (Å²) in [5, 5.41) is 22.0. The van der Waals surface area contributed by atoms with Crippen molar-refractivity contribution in [3.63, 3.8) is 0 Å². The minimum Gasteiger partial charge on any atom is -0.506 e. The lowest BCUT2D eigenvalue weighted by Gasteiger charge is -2.13. The van der Waals surface area contributed by atoms with Crippen molar-refractivity contribution in [1.29, 1.82) is 5.26 Å². The van der Waals surface area contributed by atoms with Crippen LogP contribution in [0.5, 0.6) is 5.75 Å². The molecule has 1 saturated heterocycles. The fourth-order valence-electron chi connectivity index (χ4n) is 1.90. The number of halogens is 1. The van der Waals surface area contributed by atoms with Gasteiger partial charge >= 0.3 is 0 Å². The minimum atomic E-state index is 0.176. The van der Waals surface area contributed by atoms with Crippen LogP contribution in [0.4, 0.5) is 0 Å². The van der Waals surface area contributed by atoms with E-state index in [4.69, 9.17) is 5.26 Å². The van der Waals surface area contributed by atoms with E-state index in [-0.39, 0.29) is 11.8 Å². The Balaban J connectivity index is 2.45. The van der Waals surface area contributed by atoms with Crippen LogP contribution in [0.1, 0.15) is 30.0 Å². The molecular weight excluding hydrogens is 256 g/mol. The molecular formula is C11H11BrN2O. The highest BCUT2D eigenvalue weighted by atomic mass is 79.9. The molecule has 0 aliphatic carbocycles. The first kappa shape index (κ1) is 10.5. The summed E-state index contributed by atoms with van der Waals surface area (Å²) in [4.78, 5) is 0. The molecule has 1 atom stereocenters. The van der Waals surface area contributed by atoms with E-state index < -0.39 is 0 Å². The zero-order valence-corrected chi connectivity index (χ0v) is 9.71. The number of nitriles is 1. The van der Waals surface area contributed by atoms with Crippen molar-refractivity contribution in [2.24, 2.45) is 0 Å². The van der Waals surface area contributed by atoms with Crippen LogP contribution in [0.15, 0.2) is 16.6 Å². The Labute approximate surface area is 96.9 Å². The van der Waals surface area contributed by atoms with Crippen LogP contribution in [-0.2, 0) is 0 Å². The third-order valence-corrected chi connectivity index (χ3v) is 3.26. The molecule has 1 heterocycles. The summed E-state index contributed by atoms with van der Waals surface area (Å²) in [5.41, 5.74) is 1.39. The molecule has 1 aromatic carbocycles. The van der Waals surface area contributed by atoms with Crippen molar-refractivity contribution in [2.45, 2.75) is 18.9 Å². The van der Waals surface area contributed by atoms with Gasteiger partial charge in [0.05, 0.1) is 16.1 Å². The zero-order valence-electron chi connectivity index (χ0n) is 8.13. The third-order valence-electron chi connectivity index (χ3n) is 2.66. The maximum absolute atomic E-state index is 9.88. The van der Waals surface area contributed by atoms with E-state index in [2.05, 4.69) is 27.3 Å². The topological polar surface area (TPSA) is 56.0 Å². The molecule has 2 rings (SSSR count). The molecule has 78 valence electrons. The van der Waals surface area contributed by atoms with E-state index in [9.17, 15) is 5.11 Å². The first-order valence-electron chi connectivity index (χ1n) is 4.88. The first-order chi connectivity index (χ1) is 7.22. The van der Waals surface area contributed by atoms with Crippen LogP contribution in [0.25, 0.3) is 0 Å². The number of aromatic hydroxyl groups is 1. The number of nitrogens with zero attached hydrogens (tertiary/aromatic N) is 1. The molecule has 1 aromatic rings. The van der Waals surface area contributed by atoms with Crippen molar-refractivity contribution in [3.05, 3.63) is 27.7 Å². The largest absolute Gasteiger partial charge is 0.506 e. The Morgan fingerprint density at radius 1 is 1.53 bits per heavy atom. The lowest BCUT2D eigenvalue weighted by Crippen LogP contribution is -2.13. The average molecular weight is 267 g/mol. The molecule has 15 heavy (non-hydrogen) atoms. The van der Waals surface area contributed by atoms with E-state index >= 15 is 0 Å². The maximum atomic E-state index is 9.88. The van der Waals surface area contributed by atoms with Crippen molar-refractivity contribution >= 4 is 15.9 Å². The summed E-state index contributed by atoms with van der Waals surface area (Å²) >= 11 is 3.26. The van der Waals surface area contributed by atoms with E-state index in [1.807, 2.05) is 0 Å². The van der Waals surface area contributed by atoms with Crippen molar-refractivity contribution in [2.75, 3.05) is 6.54 Å². The summed E-state index contributed by atoms with van der Waals surface area (Å²) in [7, 11) is 0. The summed E-state index contributed by atoms with van der Waals surface area (Å²) in [5.74, 6) is 0.244. The SMILES string of the molecule is N#Cc1cc(Br)c(O)c([C@H]2CCCN2)c1. The Morgan fingerprint density at radius 3 is 2.93 bits per heavy atom. The number of phenolic OH excluding ortho intramolecular Hbond substituents is 1. The molecule has 0 unspecified atom stereocenters. The van der Waals surface area contributed by atoms with E-state index in [1.165, 1.54) is 0 Å². The van der Waals surface area contributed by atoms with Gasteiger partial charge in [0.25, 0.3) is 0 Å². The summed E-state index contributed by atoms with van der Waals surface area (Å²) < 4.78 is 0.588. The second-order valence-electron chi connectivity index (χ2n) is 3.66.